The Morgan fingerprint density at radius 3 is 2.48 bits per heavy atom. The third-order valence-electron chi connectivity index (χ3n) is 4.01. The number of nitrogens with zero attached hydrogens (tertiary/aromatic N) is 1. The van der Waals surface area contributed by atoms with Crippen molar-refractivity contribution in [3.8, 4) is 5.75 Å². The average Bonchev–Trinajstić information content (AvgIpc) is 2.67. The van der Waals surface area contributed by atoms with E-state index >= 15 is 0 Å². The molecule has 0 aromatic heterocycles. The molecule has 1 amide bonds. The van der Waals surface area contributed by atoms with E-state index < -0.39 is 0 Å². The summed E-state index contributed by atoms with van der Waals surface area (Å²) in [6.07, 6.45) is 2.78. The van der Waals surface area contributed by atoms with Crippen molar-refractivity contribution in [1.82, 2.24) is 5.43 Å². The molecule has 3 rings (SSSR count). The molecule has 0 fully saturated rings. The summed E-state index contributed by atoms with van der Waals surface area (Å²) in [6.45, 7) is 0. The fourth-order valence-electron chi connectivity index (χ4n) is 2.72. The van der Waals surface area contributed by atoms with Gasteiger partial charge in [0.1, 0.15) is 5.75 Å². The van der Waals surface area contributed by atoms with Gasteiger partial charge < -0.3 is 4.74 Å². The molecule has 0 atom stereocenters. The van der Waals surface area contributed by atoms with Crippen LogP contribution in [-0.4, -0.2) is 19.2 Å². The van der Waals surface area contributed by atoms with Gasteiger partial charge >= 0.3 is 0 Å². The van der Waals surface area contributed by atoms with Crippen molar-refractivity contribution in [2.75, 3.05) is 7.11 Å². The maximum absolute atomic E-state index is 11.9. The van der Waals surface area contributed by atoms with Crippen LogP contribution in [0, 0.1) is 0 Å². The molecule has 0 saturated carbocycles. The van der Waals surface area contributed by atoms with E-state index in [9.17, 15) is 4.79 Å². The molecule has 0 saturated heterocycles. The van der Waals surface area contributed by atoms with Crippen molar-refractivity contribution in [1.29, 1.82) is 0 Å². The number of carbonyl (C=O) groups is 1. The van der Waals surface area contributed by atoms with E-state index in [1.807, 2.05) is 66.7 Å². The highest BCUT2D eigenvalue weighted by Gasteiger charge is 2.05. The van der Waals surface area contributed by atoms with Gasteiger partial charge in [0.15, 0.2) is 0 Å². The Hall–Kier alpha value is -3.14. The number of aryl methyl sites for hydroxylation is 1. The van der Waals surface area contributed by atoms with Gasteiger partial charge in [-0.05, 0) is 29.5 Å². The molecular weight excluding hydrogens is 312 g/mol. The van der Waals surface area contributed by atoms with Crippen molar-refractivity contribution in [2.45, 2.75) is 12.8 Å². The number of methoxy groups -OCH3 is 1. The predicted molar refractivity (Wildman–Crippen MR) is 101 cm³/mol. The Balaban J connectivity index is 1.64. The van der Waals surface area contributed by atoms with Gasteiger partial charge in [-0.2, -0.15) is 5.10 Å². The smallest absolute Gasteiger partial charge is 0.240 e. The van der Waals surface area contributed by atoms with E-state index in [1.165, 1.54) is 0 Å². The number of hydrazone groups is 1. The molecule has 0 unspecified atom stereocenters. The second-order valence-electron chi connectivity index (χ2n) is 5.68. The molecule has 126 valence electrons. The molecule has 0 aliphatic heterocycles. The zero-order chi connectivity index (χ0) is 17.5. The maximum Gasteiger partial charge on any atom is 0.240 e. The first-order chi connectivity index (χ1) is 12.3. The zero-order valence-corrected chi connectivity index (χ0v) is 14.1. The number of amides is 1. The third kappa shape index (κ3) is 4.23. The summed E-state index contributed by atoms with van der Waals surface area (Å²) < 4.78 is 5.38. The van der Waals surface area contributed by atoms with Gasteiger partial charge in [0.25, 0.3) is 0 Å². The molecular formula is C21H20N2O2. The lowest BCUT2D eigenvalue weighted by Crippen LogP contribution is -2.17. The van der Waals surface area contributed by atoms with Crippen molar-refractivity contribution in [3.63, 3.8) is 0 Å². The molecule has 0 radical (unpaired) electrons. The van der Waals surface area contributed by atoms with E-state index in [-0.39, 0.29) is 5.91 Å². The van der Waals surface area contributed by atoms with Crippen molar-refractivity contribution in [2.24, 2.45) is 5.10 Å². The van der Waals surface area contributed by atoms with Gasteiger partial charge in [-0.3, -0.25) is 4.79 Å². The molecule has 4 nitrogen and oxygen atoms in total. The molecule has 0 bridgehead atoms. The van der Waals surface area contributed by atoms with E-state index in [4.69, 9.17) is 4.74 Å². The minimum Gasteiger partial charge on any atom is -0.496 e. The van der Waals surface area contributed by atoms with Crippen LogP contribution in [-0.2, 0) is 11.2 Å². The minimum absolute atomic E-state index is 0.0991. The Morgan fingerprint density at radius 2 is 1.72 bits per heavy atom. The normalized spacial score (nSPS) is 10.9. The lowest BCUT2D eigenvalue weighted by molar-refractivity contribution is -0.121. The lowest BCUT2D eigenvalue weighted by Gasteiger charge is -2.07. The fourth-order valence-corrected chi connectivity index (χ4v) is 2.72. The third-order valence-corrected chi connectivity index (χ3v) is 4.01. The van der Waals surface area contributed by atoms with Gasteiger partial charge in [-0.15, -0.1) is 0 Å². The molecule has 3 aromatic carbocycles. The summed E-state index contributed by atoms with van der Waals surface area (Å²) in [5, 5.41) is 6.14. The van der Waals surface area contributed by atoms with Crippen molar-refractivity contribution >= 4 is 22.9 Å². The first-order valence-electron chi connectivity index (χ1n) is 8.19. The average molecular weight is 332 g/mol. The quantitative estimate of drug-likeness (QED) is 0.549. The Labute approximate surface area is 147 Å². The molecule has 0 spiro atoms. The number of hydrogen-bond acceptors (Lipinski definition) is 3. The molecule has 0 aliphatic carbocycles. The van der Waals surface area contributed by atoms with Crippen LogP contribution in [0.25, 0.3) is 10.8 Å². The maximum atomic E-state index is 11.9. The van der Waals surface area contributed by atoms with E-state index in [0.717, 1.165) is 27.6 Å². The second-order valence-corrected chi connectivity index (χ2v) is 5.68. The van der Waals surface area contributed by atoms with Crippen LogP contribution in [0.15, 0.2) is 71.8 Å². The fraction of sp³-hybridized carbons (Fsp3) is 0.143. The van der Waals surface area contributed by atoms with Crippen LogP contribution in [0.1, 0.15) is 17.5 Å². The van der Waals surface area contributed by atoms with E-state index in [1.54, 1.807) is 13.3 Å². The van der Waals surface area contributed by atoms with E-state index in [2.05, 4.69) is 10.5 Å². The largest absolute Gasteiger partial charge is 0.496 e. The summed E-state index contributed by atoms with van der Waals surface area (Å²) in [4.78, 5) is 11.9. The van der Waals surface area contributed by atoms with Crippen LogP contribution in [0.4, 0.5) is 0 Å². The van der Waals surface area contributed by atoms with Gasteiger partial charge in [0, 0.05) is 17.4 Å². The van der Waals surface area contributed by atoms with Crippen LogP contribution < -0.4 is 10.2 Å². The molecule has 4 heteroatoms. The Kier molecular flexibility index (Phi) is 5.42. The zero-order valence-electron chi connectivity index (χ0n) is 14.1. The Morgan fingerprint density at radius 1 is 1.00 bits per heavy atom. The number of fused-ring (bicyclic) bond motifs is 1. The number of carbonyl (C=O) groups excluding carboxylic acids is 1. The highest BCUT2D eigenvalue weighted by Crippen LogP contribution is 2.27. The van der Waals surface area contributed by atoms with Crippen LogP contribution in [0.5, 0.6) is 5.75 Å². The molecule has 25 heavy (non-hydrogen) atoms. The number of ether oxygens (including phenoxy) is 1. The van der Waals surface area contributed by atoms with Gasteiger partial charge in [-0.1, -0.05) is 54.6 Å². The molecule has 3 aromatic rings. The highest BCUT2D eigenvalue weighted by molar-refractivity contribution is 6.02. The van der Waals surface area contributed by atoms with Crippen LogP contribution in [0.3, 0.4) is 0 Å². The van der Waals surface area contributed by atoms with Gasteiger partial charge in [0.2, 0.25) is 5.91 Å². The van der Waals surface area contributed by atoms with Crippen molar-refractivity contribution in [3.05, 3.63) is 77.9 Å². The second kappa shape index (κ2) is 8.11. The first-order valence-corrected chi connectivity index (χ1v) is 8.19. The summed E-state index contributed by atoms with van der Waals surface area (Å²) in [6, 6.07) is 21.7. The van der Waals surface area contributed by atoms with Crippen LogP contribution >= 0.6 is 0 Å². The summed E-state index contributed by atoms with van der Waals surface area (Å²) >= 11 is 0. The summed E-state index contributed by atoms with van der Waals surface area (Å²) in [5.74, 6) is 0.720. The monoisotopic (exact) mass is 332 g/mol. The summed E-state index contributed by atoms with van der Waals surface area (Å²) in [7, 11) is 1.66. The molecule has 1 N–H and O–H groups in total. The topological polar surface area (TPSA) is 50.7 Å². The Bertz CT molecular complexity index is 889. The van der Waals surface area contributed by atoms with Gasteiger partial charge in [0.05, 0.1) is 13.3 Å². The highest BCUT2D eigenvalue weighted by atomic mass is 16.5. The standard InChI is InChI=1S/C21H20N2O2/c1-25-20-13-12-17(18-9-5-6-10-19(18)20)15-22-23-21(24)14-11-16-7-3-2-4-8-16/h2-10,12-13,15H,11,14H2,1H3,(H,23,24)/b22-15-. The predicted octanol–water partition coefficient (Wildman–Crippen LogP) is 3.93. The lowest BCUT2D eigenvalue weighted by atomic mass is 10.0. The minimum atomic E-state index is -0.0991. The molecule has 0 heterocycles. The number of rotatable bonds is 6. The van der Waals surface area contributed by atoms with Crippen LogP contribution in [0.2, 0.25) is 0 Å². The SMILES string of the molecule is COc1ccc(/C=N\NC(=O)CCc2ccccc2)c2ccccc12. The van der Waals surface area contributed by atoms with E-state index in [0.29, 0.717) is 12.8 Å². The number of benzene rings is 3. The molecule has 0 aliphatic rings. The first kappa shape index (κ1) is 16.7. The number of nitrogens with one attached hydrogen (secondary N) is 1. The summed E-state index contributed by atoms with van der Waals surface area (Å²) in [5.41, 5.74) is 4.67. The van der Waals surface area contributed by atoms with Crippen molar-refractivity contribution < 1.29 is 9.53 Å². The number of hydrogen-bond donors (Lipinski definition) is 1. The van der Waals surface area contributed by atoms with Gasteiger partial charge in [-0.25, -0.2) is 5.43 Å².